The summed E-state index contributed by atoms with van der Waals surface area (Å²) in [5, 5.41) is 3.48. The first-order chi connectivity index (χ1) is 14.4. The van der Waals surface area contributed by atoms with Crippen LogP contribution in [0.5, 0.6) is 0 Å². The molecule has 0 spiro atoms. The first-order valence-electron chi connectivity index (χ1n) is 10.7. The number of nitrogens with one attached hydrogen (secondary N) is 1. The summed E-state index contributed by atoms with van der Waals surface area (Å²) in [5.74, 6) is 2.22. The molecule has 0 aromatic heterocycles. The van der Waals surface area contributed by atoms with Crippen LogP contribution in [0.4, 0.5) is 0 Å². The maximum atomic E-state index is 11.4. The number of hydrogen-bond donors (Lipinski definition) is 1. The van der Waals surface area contributed by atoms with Crippen LogP contribution in [-0.4, -0.2) is 45.7 Å². The van der Waals surface area contributed by atoms with Crippen molar-refractivity contribution in [1.82, 2.24) is 10.2 Å². The molecule has 2 atom stereocenters. The highest BCUT2D eigenvalue weighted by atomic mass is 127. The van der Waals surface area contributed by atoms with E-state index in [4.69, 9.17) is 0 Å². The highest BCUT2D eigenvalue weighted by molar-refractivity contribution is 14.0. The van der Waals surface area contributed by atoms with Crippen LogP contribution in [0.3, 0.4) is 0 Å². The number of halogens is 1. The molecule has 1 aliphatic rings. The van der Waals surface area contributed by atoms with Crippen LogP contribution < -0.4 is 5.32 Å². The first kappa shape index (κ1) is 25.6. The summed E-state index contributed by atoms with van der Waals surface area (Å²) < 4.78 is 22.9. The van der Waals surface area contributed by atoms with Gasteiger partial charge in [0, 0.05) is 32.9 Å². The Kier molecular flexibility index (Phi) is 9.81. The standard InChI is InChI=1S/C24H33N3O2S.HI/c1-4-21-17-27(15-14-23(21)22-8-6-5-7-9-22)24(25-2)26-16-19-10-12-20(13-11-19)18-30(3,28)29;/h5-13,21,23H,4,14-18H2,1-3H3,(H,25,26);1H. The highest BCUT2D eigenvalue weighted by Gasteiger charge is 2.30. The average molecular weight is 556 g/mol. The van der Waals surface area contributed by atoms with Gasteiger partial charge in [-0.1, -0.05) is 67.9 Å². The van der Waals surface area contributed by atoms with E-state index < -0.39 is 9.84 Å². The molecule has 5 nitrogen and oxygen atoms in total. The summed E-state index contributed by atoms with van der Waals surface area (Å²) in [5.41, 5.74) is 3.38. The molecule has 1 heterocycles. The SMILES string of the molecule is CCC1CN(C(=NC)NCc2ccc(CS(C)(=O)=O)cc2)CCC1c1ccccc1.I. The molecule has 31 heavy (non-hydrogen) atoms. The third-order valence-corrected chi connectivity index (χ3v) is 6.76. The second kappa shape index (κ2) is 11.9. The van der Waals surface area contributed by atoms with E-state index in [0.29, 0.717) is 18.4 Å². The van der Waals surface area contributed by atoms with Crippen molar-refractivity contribution in [3.05, 3.63) is 71.3 Å². The van der Waals surface area contributed by atoms with Gasteiger partial charge >= 0.3 is 0 Å². The molecule has 2 aromatic carbocycles. The van der Waals surface area contributed by atoms with E-state index in [0.717, 1.165) is 43.0 Å². The predicted octanol–water partition coefficient (Wildman–Crippen LogP) is 4.44. The van der Waals surface area contributed by atoms with E-state index in [1.165, 1.54) is 11.8 Å². The minimum Gasteiger partial charge on any atom is -0.352 e. The third-order valence-electron chi connectivity index (χ3n) is 5.90. The summed E-state index contributed by atoms with van der Waals surface area (Å²) in [7, 11) is -1.17. The van der Waals surface area contributed by atoms with Crippen molar-refractivity contribution in [2.75, 3.05) is 26.4 Å². The topological polar surface area (TPSA) is 61.8 Å². The lowest BCUT2D eigenvalue weighted by Crippen LogP contribution is -2.48. The van der Waals surface area contributed by atoms with Crippen LogP contribution in [0, 0.1) is 5.92 Å². The lowest BCUT2D eigenvalue weighted by molar-refractivity contribution is 0.215. The van der Waals surface area contributed by atoms with Crippen LogP contribution in [0.2, 0.25) is 0 Å². The monoisotopic (exact) mass is 555 g/mol. The third kappa shape index (κ3) is 7.49. The number of hydrogen-bond acceptors (Lipinski definition) is 3. The van der Waals surface area contributed by atoms with Gasteiger partial charge in [-0.15, -0.1) is 24.0 Å². The first-order valence-corrected chi connectivity index (χ1v) is 12.7. The van der Waals surface area contributed by atoms with Gasteiger partial charge in [0.2, 0.25) is 0 Å². The molecule has 1 saturated heterocycles. The fourth-order valence-electron chi connectivity index (χ4n) is 4.35. The number of nitrogens with zero attached hydrogens (tertiary/aromatic N) is 2. The van der Waals surface area contributed by atoms with Crippen molar-refractivity contribution < 1.29 is 8.42 Å². The van der Waals surface area contributed by atoms with Gasteiger partial charge in [-0.3, -0.25) is 4.99 Å². The smallest absolute Gasteiger partial charge is 0.193 e. The Hall–Kier alpha value is -1.61. The molecular weight excluding hydrogens is 521 g/mol. The Balaban J connectivity index is 0.00000341. The number of likely N-dealkylation sites (tertiary alicyclic amines) is 1. The summed E-state index contributed by atoms with van der Waals surface area (Å²) >= 11 is 0. The number of piperidine rings is 1. The molecule has 3 rings (SSSR count). The maximum Gasteiger partial charge on any atom is 0.193 e. The van der Waals surface area contributed by atoms with Crippen molar-refractivity contribution in [1.29, 1.82) is 0 Å². The van der Waals surface area contributed by atoms with Gasteiger partial charge in [0.1, 0.15) is 0 Å². The van der Waals surface area contributed by atoms with Crippen LogP contribution in [0.1, 0.15) is 42.4 Å². The lowest BCUT2D eigenvalue weighted by atomic mass is 9.79. The van der Waals surface area contributed by atoms with Gasteiger partial charge in [-0.25, -0.2) is 8.42 Å². The summed E-state index contributed by atoms with van der Waals surface area (Å²) in [6, 6.07) is 18.6. The van der Waals surface area contributed by atoms with Gasteiger partial charge in [-0.2, -0.15) is 0 Å². The van der Waals surface area contributed by atoms with E-state index in [1.807, 2.05) is 31.3 Å². The molecule has 0 bridgehead atoms. The molecule has 7 heteroatoms. The Morgan fingerprint density at radius 1 is 1.10 bits per heavy atom. The summed E-state index contributed by atoms with van der Waals surface area (Å²) in [6.07, 6.45) is 3.54. The minimum atomic E-state index is -3.01. The number of guanidine groups is 1. The molecule has 1 N–H and O–H groups in total. The van der Waals surface area contributed by atoms with Gasteiger partial charge < -0.3 is 10.2 Å². The van der Waals surface area contributed by atoms with Crippen molar-refractivity contribution >= 4 is 39.8 Å². The zero-order chi connectivity index (χ0) is 21.6. The highest BCUT2D eigenvalue weighted by Crippen LogP contribution is 2.34. The average Bonchev–Trinajstić information content (AvgIpc) is 2.74. The minimum absolute atomic E-state index is 0. The number of aliphatic imine (C=N–C) groups is 1. The molecule has 1 aliphatic heterocycles. The van der Waals surface area contributed by atoms with Gasteiger partial charge in [0.25, 0.3) is 0 Å². The molecule has 1 fully saturated rings. The van der Waals surface area contributed by atoms with E-state index in [-0.39, 0.29) is 29.7 Å². The zero-order valence-corrected chi connectivity index (χ0v) is 21.8. The number of sulfone groups is 1. The van der Waals surface area contributed by atoms with Crippen LogP contribution in [-0.2, 0) is 22.1 Å². The fraction of sp³-hybridized carbons (Fsp3) is 0.458. The molecule has 170 valence electrons. The Morgan fingerprint density at radius 3 is 2.32 bits per heavy atom. The molecule has 2 unspecified atom stereocenters. The fourth-order valence-corrected chi connectivity index (χ4v) is 5.14. The van der Waals surface area contributed by atoms with E-state index in [2.05, 4.69) is 52.5 Å². The van der Waals surface area contributed by atoms with Crippen molar-refractivity contribution in [2.45, 2.75) is 38.0 Å². The quantitative estimate of drug-likeness (QED) is 0.325. The van der Waals surface area contributed by atoms with E-state index >= 15 is 0 Å². The summed E-state index contributed by atoms with van der Waals surface area (Å²) in [6.45, 7) is 4.94. The molecule has 0 saturated carbocycles. The largest absolute Gasteiger partial charge is 0.352 e. The zero-order valence-electron chi connectivity index (χ0n) is 18.6. The number of rotatable bonds is 6. The van der Waals surface area contributed by atoms with Gasteiger partial charge in [0.15, 0.2) is 15.8 Å². The van der Waals surface area contributed by atoms with Crippen LogP contribution >= 0.6 is 24.0 Å². The molecular formula is C24H34IN3O2S. The molecule has 2 aromatic rings. The second-order valence-electron chi connectivity index (χ2n) is 8.21. The van der Waals surface area contributed by atoms with E-state index in [1.54, 1.807) is 0 Å². The Morgan fingerprint density at radius 2 is 1.74 bits per heavy atom. The lowest BCUT2D eigenvalue weighted by Gasteiger charge is -2.40. The van der Waals surface area contributed by atoms with Crippen molar-refractivity contribution in [3.63, 3.8) is 0 Å². The Bertz CT molecular complexity index is 947. The Labute approximate surface area is 204 Å². The maximum absolute atomic E-state index is 11.4. The molecule has 0 amide bonds. The second-order valence-corrected chi connectivity index (χ2v) is 10.3. The predicted molar refractivity (Wildman–Crippen MR) is 140 cm³/mol. The van der Waals surface area contributed by atoms with Crippen LogP contribution in [0.25, 0.3) is 0 Å². The van der Waals surface area contributed by atoms with E-state index in [9.17, 15) is 8.42 Å². The number of benzene rings is 2. The van der Waals surface area contributed by atoms with Crippen molar-refractivity contribution in [3.8, 4) is 0 Å². The van der Waals surface area contributed by atoms with Crippen molar-refractivity contribution in [2.24, 2.45) is 10.9 Å². The normalized spacial score (nSPS) is 19.6. The van der Waals surface area contributed by atoms with Gasteiger partial charge in [0.05, 0.1) is 5.75 Å². The van der Waals surface area contributed by atoms with Gasteiger partial charge in [-0.05, 0) is 34.9 Å². The van der Waals surface area contributed by atoms with Crippen LogP contribution in [0.15, 0.2) is 59.6 Å². The summed E-state index contributed by atoms with van der Waals surface area (Å²) in [4.78, 5) is 6.88. The molecule has 0 radical (unpaired) electrons. The molecule has 0 aliphatic carbocycles.